The number of benzene rings is 1. The predicted molar refractivity (Wildman–Crippen MR) is 104 cm³/mol. The molecule has 26 heavy (non-hydrogen) atoms. The molecule has 2 saturated heterocycles. The largest absolute Gasteiger partial charge is 0.342 e. The number of likely N-dealkylation sites (tertiary alicyclic amines) is 2. The molecule has 0 N–H and O–H groups in total. The van der Waals surface area contributed by atoms with Crippen molar-refractivity contribution in [1.82, 2.24) is 9.80 Å². The minimum absolute atomic E-state index is 0.0255. The molecule has 2 aliphatic heterocycles. The van der Waals surface area contributed by atoms with E-state index in [1.807, 2.05) is 9.80 Å². The van der Waals surface area contributed by atoms with Crippen molar-refractivity contribution >= 4 is 35.0 Å². The fourth-order valence-electron chi connectivity index (χ4n) is 3.99. The number of carbonyl (C=O) groups is 2. The summed E-state index contributed by atoms with van der Waals surface area (Å²) in [4.78, 5) is 29.2. The molecule has 2 aliphatic rings. The van der Waals surface area contributed by atoms with Crippen LogP contribution in [-0.4, -0.2) is 47.8 Å². The van der Waals surface area contributed by atoms with Crippen molar-refractivity contribution in [2.24, 2.45) is 11.8 Å². The summed E-state index contributed by atoms with van der Waals surface area (Å²) in [5, 5.41) is 1.05. The van der Waals surface area contributed by atoms with E-state index >= 15 is 0 Å². The predicted octanol–water partition coefficient (Wildman–Crippen LogP) is 4.03. The molecule has 3 rings (SSSR count). The first-order valence-corrected chi connectivity index (χ1v) is 10.2. The van der Waals surface area contributed by atoms with Crippen molar-refractivity contribution in [3.05, 3.63) is 33.8 Å². The van der Waals surface area contributed by atoms with Gasteiger partial charge in [0.05, 0.1) is 6.42 Å². The lowest BCUT2D eigenvalue weighted by atomic mass is 9.92. The quantitative estimate of drug-likeness (QED) is 0.773. The van der Waals surface area contributed by atoms with Crippen molar-refractivity contribution in [2.75, 3.05) is 26.2 Å². The zero-order valence-corrected chi connectivity index (χ0v) is 16.7. The van der Waals surface area contributed by atoms with Gasteiger partial charge in [-0.15, -0.1) is 0 Å². The Morgan fingerprint density at radius 1 is 1.04 bits per heavy atom. The maximum absolute atomic E-state index is 12.7. The van der Waals surface area contributed by atoms with Crippen LogP contribution in [0.3, 0.4) is 0 Å². The first-order chi connectivity index (χ1) is 12.5. The van der Waals surface area contributed by atoms with Crippen LogP contribution in [0.1, 0.15) is 38.2 Å². The highest BCUT2D eigenvalue weighted by Crippen LogP contribution is 2.27. The van der Waals surface area contributed by atoms with Crippen LogP contribution < -0.4 is 0 Å². The van der Waals surface area contributed by atoms with Gasteiger partial charge >= 0.3 is 0 Å². The van der Waals surface area contributed by atoms with Gasteiger partial charge in [-0.1, -0.05) is 36.2 Å². The van der Waals surface area contributed by atoms with Crippen LogP contribution in [0.4, 0.5) is 0 Å². The molecule has 0 aromatic heterocycles. The fourth-order valence-corrected chi connectivity index (χ4v) is 4.52. The smallest absolute Gasteiger partial charge is 0.227 e. The standard InChI is InChI=1S/C20H26Cl2N2O2/c1-14-4-3-9-24(13-14)20(26)15-7-10-23(11-8-15)19(25)12-16-17(21)5-2-6-18(16)22/h2,5-6,14-15H,3-4,7-13H2,1H3. The van der Waals surface area contributed by atoms with Gasteiger partial charge in [0, 0.05) is 42.1 Å². The normalized spacial score (nSPS) is 21.7. The summed E-state index contributed by atoms with van der Waals surface area (Å²) < 4.78 is 0. The van der Waals surface area contributed by atoms with Crippen LogP contribution >= 0.6 is 23.2 Å². The van der Waals surface area contributed by atoms with Gasteiger partial charge in [-0.3, -0.25) is 9.59 Å². The van der Waals surface area contributed by atoms with Gasteiger partial charge in [-0.25, -0.2) is 0 Å². The molecule has 0 saturated carbocycles. The molecule has 1 aromatic carbocycles. The SMILES string of the molecule is CC1CCCN(C(=O)C2CCN(C(=O)Cc3c(Cl)cccc3Cl)CC2)C1. The van der Waals surface area contributed by atoms with Gasteiger partial charge in [-0.05, 0) is 49.3 Å². The maximum atomic E-state index is 12.7. The average molecular weight is 397 g/mol. The third kappa shape index (κ3) is 4.52. The van der Waals surface area contributed by atoms with Gasteiger partial charge in [0.15, 0.2) is 0 Å². The molecule has 1 aromatic rings. The summed E-state index contributed by atoms with van der Waals surface area (Å²) in [6, 6.07) is 5.28. The van der Waals surface area contributed by atoms with Crippen LogP contribution in [-0.2, 0) is 16.0 Å². The lowest BCUT2D eigenvalue weighted by molar-refractivity contribution is -0.141. The van der Waals surface area contributed by atoms with Crippen molar-refractivity contribution in [3.63, 3.8) is 0 Å². The second kappa shape index (κ2) is 8.62. The van der Waals surface area contributed by atoms with E-state index in [0.29, 0.717) is 34.6 Å². The summed E-state index contributed by atoms with van der Waals surface area (Å²) in [5.41, 5.74) is 0.682. The Hall–Kier alpha value is -1.26. The van der Waals surface area contributed by atoms with E-state index in [1.165, 1.54) is 6.42 Å². The molecule has 2 heterocycles. The fraction of sp³-hybridized carbons (Fsp3) is 0.600. The number of hydrogen-bond acceptors (Lipinski definition) is 2. The number of nitrogens with zero attached hydrogens (tertiary/aromatic N) is 2. The summed E-state index contributed by atoms with van der Waals surface area (Å²) in [6.07, 6.45) is 4.00. The second-order valence-corrected chi connectivity index (χ2v) is 8.38. The molecule has 2 amide bonds. The van der Waals surface area contributed by atoms with Crippen LogP contribution in [0.5, 0.6) is 0 Å². The lowest BCUT2D eigenvalue weighted by Gasteiger charge is -2.37. The van der Waals surface area contributed by atoms with E-state index in [9.17, 15) is 9.59 Å². The Morgan fingerprint density at radius 3 is 2.31 bits per heavy atom. The van der Waals surface area contributed by atoms with E-state index in [0.717, 1.165) is 32.4 Å². The van der Waals surface area contributed by atoms with Gasteiger partial charge < -0.3 is 9.80 Å². The van der Waals surface area contributed by atoms with Crippen molar-refractivity contribution in [2.45, 2.75) is 39.0 Å². The number of carbonyl (C=O) groups excluding carboxylic acids is 2. The Balaban J connectivity index is 1.53. The van der Waals surface area contributed by atoms with Crippen LogP contribution in [0.25, 0.3) is 0 Å². The summed E-state index contributed by atoms with van der Waals surface area (Å²) in [5.74, 6) is 0.943. The highest BCUT2D eigenvalue weighted by molar-refractivity contribution is 6.36. The summed E-state index contributed by atoms with van der Waals surface area (Å²) >= 11 is 12.3. The maximum Gasteiger partial charge on any atom is 0.227 e. The van der Waals surface area contributed by atoms with E-state index in [-0.39, 0.29) is 24.2 Å². The summed E-state index contributed by atoms with van der Waals surface area (Å²) in [6.45, 7) is 5.22. The Morgan fingerprint density at radius 2 is 1.69 bits per heavy atom. The zero-order valence-electron chi connectivity index (χ0n) is 15.2. The third-order valence-corrected chi connectivity index (χ3v) is 6.26. The van der Waals surface area contributed by atoms with Gasteiger partial charge in [0.2, 0.25) is 11.8 Å². The van der Waals surface area contributed by atoms with Crippen molar-refractivity contribution in [3.8, 4) is 0 Å². The van der Waals surface area contributed by atoms with Crippen LogP contribution in [0, 0.1) is 11.8 Å². The van der Waals surface area contributed by atoms with Crippen molar-refractivity contribution in [1.29, 1.82) is 0 Å². The van der Waals surface area contributed by atoms with E-state index in [4.69, 9.17) is 23.2 Å². The minimum atomic E-state index is 0.0255. The average Bonchev–Trinajstić information content (AvgIpc) is 2.64. The third-order valence-electron chi connectivity index (χ3n) is 5.56. The molecule has 4 nitrogen and oxygen atoms in total. The molecule has 1 atom stereocenters. The Labute approximate surface area is 165 Å². The molecule has 0 spiro atoms. The molecule has 0 aliphatic carbocycles. The molecular weight excluding hydrogens is 371 g/mol. The van der Waals surface area contributed by atoms with Gasteiger partial charge in [0.1, 0.15) is 0 Å². The molecule has 2 fully saturated rings. The molecule has 1 unspecified atom stereocenters. The van der Waals surface area contributed by atoms with Gasteiger partial charge in [0.25, 0.3) is 0 Å². The highest BCUT2D eigenvalue weighted by Gasteiger charge is 2.31. The van der Waals surface area contributed by atoms with Crippen LogP contribution in [0.15, 0.2) is 18.2 Å². The molecule has 0 bridgehead atoms. The summed E-state index contributed by atoms with van der Waals surface area (Å²) in [7, 11) is 0. The first-order valence-electron chi connectivity index (χ1n) is 9.45. The molecule has 6 heteroatoms. The molecular formula is C20H26Cl2N2O2. The number of hydrogen-bond donors (Lipinski definition) is 0. The van der Waals surface area contributed by atoms with Gasteiger partial charge in [-0.2, -0.15) is 0 Å². The number of amides is 2. The Kier molecular flexibility index (Phi) is 6.46. The van der Waals surface area contributed by atoms with Crippen molar-refractivity contribution < 1.29 is 9.59 Å². The van der Waals surface area contributed by atoms with E-state index in [1.54, 1.807) is 18.2 Å². The zero-order chi connectivity index (χ0) is 18.7. The topological polar surface area (TPSA) is 40.6 Å². The van der Waals surface area contributed by atoms with E-state index < -0.39 is 0 Å². The lowest BCUT2D eigenvalue weighted by Crippen LogP contribution is -2.47. The molecule has 0 radical (unpaired) electrons. The number of rotatable bonds is 3. The Bertz CT molecular complexity index is 652. The molecule has 142 valence electrons. The minimum Gasteiger partial charge on any atom is -0.342 e. The number of piperidine rings is 2. The number of halogens is 2. The second-order valence-electron chi connectivity index (χ2n) is 7.56. The first kappa shape index (κ1) is 19.5. The van der Waals surface area contributed by atoms with Crippen LogP contribution in [0.2, 0.25) is 10.0 Å². The van der Waals surface area contributed by atoms with E-state index in [2.05, 4.69) is 6.92 Å². The highest BCUT2D eigenvalue weighted by atomic mass is 35.5. The monoisotopic (exact) mass is 396 g/mol.